The summed E-state index contributed by atoms with van der Waals surface area (Å²) in [6.07, 6.45) is 0.0260. The van der Waals surface area contributed by atoms with Gasteiger partial charge in [0, 0.05) is 16.6 Å². The average Bonchev–Trinajstić information content (AvgIpc) is 2.25. The summed E-state index contributed by atoms with van der Waals surface area (Å²) in [5.74, 6) is -0.502. The predicted molar refractivity (Wildman–Crippen MR) is 70.9 cm³/mol. The Bertz CT molecular complexity index is 443. The number of hydrogen-bond acceptors (Lipinski definition) is 2. The van der Waals surface area contributed by atoms with Crippen LogP contribution in [0, 0.1) is 0 Å². The van der Waals surface area contributed by atoms with E-state index in [2.05, 4.69) is 15.9 Å². The van der Waals surface area contributed by atoms with Gasteiger partial charge in [0.05, 0.1) is 15.2 Å². The minimum absolute atomic E-state index is 0.0260. The first kappa shape index (κ1) is 15.5. The van der Waals surface area contributed by atoms with Crippen molar-refractivity contribution in [3.63, 3.8) is 0 Å². The van der Waals surface area contributed by atoms with Gasteiger partial charge in [-0.05, 0) is 18.6 Å². The van der Waals surface area contributed by atoms with E-state index in [9.17, 15) is 13.6 Å². The number of benzene rings is 1. The second kappa shape index (κ2) is 6.55. The van der Waals surface area contributed by atoms with E-state index in [1.807, 2.05) is 0 Å². The van der Waals surface area contributed by atoms with E-state index in [1.54, 1.807) is 6.92 Å². The van der Waals surface area contributed by atoms with Gasteiger partial charge in [-0.3, -0.25) is 4.79 Å². The van der Waals surface area contributed by atoms with Crippen LogP contribution in [-0.2, 0) is 21.4 Å². The molecule has 18 heavy (non-hydrogen) atoms. The second-order valence-electron chi connectivity index (χ2n) is 3.57. The van der Waals surface area contributed by atoms with Crippen molar-refractivity contribution in [2.24, 2.45) is 5.73 Å². The Morgan fingerprint density at radius 3 is 2.72 bits per heavy atom. The summed E-state index contributed by atoms with van der Waals surface area (Å²) < 4.78 is 32.6. The molecule has 0 aliphatic heterocycles. The maximum Gasteiger partial charge on any atom is 0.312 e. The third-order valence-electron chi connectivity index (χ3n) is 2.09. The Morgan fingerprint density at radius 1 is 1.56 bits per heavy atom. The predicted octanol–water partition coefficient (Wildman–Crippen LogP) is 3.16. The fourth-order valence-corrected chi connectivity index (χ4v) is 2.85. The summed E-state index contributed by atoms with van der Waals surface area (Å²) in [4.78, 5) is 10.7. The molecule has 7 heteroatoms. The van der Waals surface area contributed by atoms with Crippen molar-refractivity contribution in [1.82, 2.24) is 0 Å². The molecule has 0 fully saturated rings. The van der Waals surface area contributed by atoms with Crippen molar-refractivity contribution in [3.05, 3.63) is 33.8 Å². The van der Waals surface area contributed by atoms with Crippen LogP contribution in [0.15, 0.2) is 22.7 Å². The normalized spacial score (nSPS) is 12.2. The summed E-state index contributed by atoms with van der Waals surface area (Å²) in [5, 5.41) is 0. The summed E-state index contributed by atoms with van der Waals surface area (Å²) in [6.45, 7) is 1.90. The molecule has 0 saturated heterocycles. The zero-order chi connectivity index (χ0) is 13.8. The Balaban J connectivity index is 2.93. The van der Waals surface area contributed by atoms with Crippen molar-refractivity contribution in [2.75, 3.05) is 6.61 Å². The monoisotopic (exact) mass is 339 g/mol. The highest BCUT2D eigenvalue weighted by Gasteiger charge is 2.34. The third-order valence-corrected chi connectivity index (χ3v) is 3.71. The molecule has 0 radical (unpaired) electrons. The molecule has 3 nitrogen and oxygen atoms in total. The molecule has 1 aromatic rings. The van der Waals surface area contributed by atoms with E-state index in [-0.39, 0.29) is 23.1 Å². The molecule has 2 N–H and O–H groups in total. The van der Waals surface area contributed by atoms with Gasteiger partial charge in [-0.1, -0.05) is 28.1 Å². The molecular formula is C11H13BrF2NO2P. The first-order valence-corrected chi connectivity index (χ1v) is 6.91. The standard InChI is InChI=1S/C11H13BrF2NO2P/c1-2-17-18-11(13,14)8-4-3-7(5-9(8)12)6-10(15)16/h3-5,18H,2,6H2,1H3,(H2,15,16). The summed E-state index contributed by atoms with van der Waals surface area (Å²) in [5.41, 5.74) is 2.44. The number of carbonyl (C=O) groups excluding carboxylic acids is 1. The third kappa shape index (κ3) is 4.26. The number of alkyl halides is 2. The topological polar surface area (TPSA) is 52.3 Å². The highest BCUT2D eigenvalue weighted by Crippen LogP contribution is 2.47. The van der Waals surface area contributed by atoms with E-state index < -0.39 is 20.4 Å². The largest absolute Gasteiger partial charge is 0.369 e. The average molecular weight is 340 g/mol. The lowest BCUT2D eigenvalue weighted by atomic mass is 10.1. The number of carbonyl (C=O) groups is 1. The lowest BCUT2D eigenvalue weighted by Crippen LogP contribution is -2.14. The molecule has 0 aromatic heterocycles. The van der Waals surface area contributed by atoms with Gasteiger partial charge >= 0.3 is 5.66 Å². The van der Waals surface area contributed by atoms with Crippen LogP contribution >= 0.6 is 24.7 Å². The number of halogens is 3. The molecule has 0 saturated carbocycles. The van der Waals surface area contributed by atoms with E-state index >= 15 is 0 Å². The lowest BCUT2D eigenvalue weighted by Gasteiger charge is -2.18. The Kier molecular flexibility index (Phi) is 5.63. The van der Waals surface area contributed by atoms with Crippen LogP contribution < -0.4 is 5.73 Å². The SMILES string of the molecule is CCOPC(F)(F)c1ccc(CC(N)=O)cc1Br. The fourth-order valence-electron chi connectivity index (χ4n) is 1.34. The molecule has 0 spiro atoms. The molecule has 0 bridgehead atoms. The van der Waals surface area contributed by atoms with Crippen LogP contribution in [0.1, 0.15) is 18.1 Å². The number of nitrogens with two attached hydrogens (primary N) is 1. The molecule has 1 amide bonds. The molecule has 0 aliphatic rings. The number of amides is 1. The Hall–Kier alpha value is -0.580. The number of hydrogen-bond donors (Lipinski definition) is 1. The van der Waals surface area contributed by atoms with Crippen molar-refractivity contribution in [3.8, 4) is 0 Å². The molecule has 1 aromatic carbocycles. The van der Waals surface area contributed by atoms with E-state index in [4.69, 9.17) is 10.3 Å². The minimum Gasteiger partial charge on any atom is -0.369 e. The minimum atomic E-state index is -3.04. The highest BCUT2D eigenvalue weighted by atomic mass is 79.9. The molecule has 1 atom stereocenters. The van der Waals surface area contributed by atoms with Crippen LogP contribution in [0.25, 0.3) is 0 Å². The Morgan fingerprint density at radius 2 is 2.22 bits per heavy atom. The Labute approximate surface area is 114 Å². The van der Waals surface area contributed by atoms with Gasteiger partial charge in [0.25, 0.3) is 0 Å². The molecule has 1 unspecified atom stereocenters. The fraction of sp³-hybridized carbons (Fsp3) is 0.364. The van der Waals surface area contributed by atoms with Crippen LogP contribution in [-0.4, -0.2) is 12.5 Å². The maximum absolute atomic E-state index is 13.8. The molecule has 0 aliphatic carbocycles. The quantitative estimate of drug-likeness (QED) is 0.809. The van der Waals surface area contributed by atoms with E-state index in [1.165, 1.54) is 18.2 Å². The van der Waals surface area contributed by atoms with Crippen LogP contribution in [0.2, 0.25) is 0 Å². The molecule has 1 rings (SSSR count). The first-order chi connectivity index (χ1) is 8.36. The van der Waals surface area contributed by atoms with Gasteiger partial charge in [0.2, 0.25) is 5.91 Å². The summed E-state index contributed by atoms with van der Waals surface area (Å²) >= 11 is 3.08. The molecule has 0 heterocycles. The van der Waals surface area contributed by atoms with Gasteiger partial charge in [-0.2, -0.15) is 8.78 Å². The van der Waals surface area contributed by atoms with E-state index in [0.29, 0.717) is 5.56 Å². The van der Waals surface area contributed by atoms with Gasteiger partial charge in [-0.15, -0.1) is 0 Å². The smallest absolute Gasteiger partial charge is 0.312 e. The van der Waals surface area contributed by atoms with Gasteiger partial charge in [-0.25, -0.2) is 0 Å². The van der Waals surface area contributed by atoms with Gasteiger partial charge in [0.15, 0.2) is 0 Å². The molecular weight excluding hydrogens is 327 g/mol. The van der Waals surface area contributed by atoms with Gasteiger partial charge < -0.3 is 10.3 Å². The van der Waals surface area contributed by atoms with Crippen LogP contribution in [0.4, 0.5) is 8.78 Å². The highest BCUT2D eigenvalue weighted by molar-refractivity contribution is 9.10. The number of rotatable bonds is 6. The van der Waals surface area contributed by atoms with Crippen molar-refractivity contribution in [1.29, 1.82) is 0 Å². The van der Waals surface area contributed by atoms with Gasteiger partial charge in [0.1, 0.15) is 0 Å². The number of primary amides is 1. The van der Waals surface area contributed by atoms with Crippen LogP contribution in [0.5, 0.6) is 0 Å². The van der Waals surface area contributed by atoms with Crippen molar-refractivity contribution < 1.29 is 18.1 Å². The van der Waals surface area contributed by atoms with Crippen molar-refractivity contribution >= 4 is 30.6 Å². The summed E-state index contributed by atoms with van der Waals surface area (Å²) in [6, 6.07) is 4.23. The zero-order valence-corrected chi connectivity index (χ0v) is 12.3. The second-order valence-corrected chi connectivity index (χ2v) is 5.54. The molecule has 100 valence electrons. The lowest BCUT2D eigenvalue weighted by molar-refractivity contribution is -0.117. The zero-order valence-electron chi connectivity index (χ0n) is 9.67. The van der Waals surface area contributed by atoms with Crippen molar-refractivity contribution in [2.45, 2.75) is 19.0 Å². The maximum atomic E-state index is 13.8. The summed E-state index contributed by atoms with van der Waals surface area (Å²) in [7, 11) is -0.929. The first-order valence-electron chi connectivity index (χ1n) is 5.20. The van der Waals surface area contributed by atoms with E-state index in [0.717, 1.165) is 0 Å². The van der Waals surface area contributed by atoms with Crippen LogP contribution in [0.3, 0.4) is 0 Å².